The van der Waals surface area contributed by atoms with E-state index in [4.69, 9.17) is 5.11 Å². The lowest BCUT2D eigenvalue weighted by atomic mass is 10.1. The highest BCUT2D eigenvalue weighted by atomic mass is 35.5. The standard InChI is InChI=1S/C13H12N2O2.ClH/c16-13(17)6-5-11-3-1-2-4-12(11)9-15-8-7-14-10-15;/h1-8,10H,9H2,(H,16,17);1H/b6-5+;. The Morgan fingerprint density at radius 1 is 1.39 bits per heavy atom. The molecule has 0 unspecified atom stereocenters. The summed E-state index contributed by atoms with van der Waals surface area (Å²) < 4.78 is 1.94. The number of benzene rings is 1. The second kappa shape index (κ2) is 6.61. The van der Waals surface area contributed by atoms with Gasteiger partial charge in [-0.3, -0.25) is 0 Å². The molecule has 0 bridgehead atoms. The molecule has 1 aromatic heterocycles. The third-order valence-electron chi connectivity index (χ3n) is 2.37. The highest BCUT2D eigenvalue weighted by Gasteiger charge is 2.00. The van der Waals surface area contributed by atoms with E-state index in [1.807, 2.05) is 35.0 Å². The molecule has 0 saturated carbocycles. The predicted molar refractivity (Wildman–Crippen MR) is 71.7 cm³/mol. The average molecular weight is 265 g/mol. The van der Waals surface area contributed by atoms with Crippen LogP contribution >= 0.6 is 12.4 Å². The maximum atomic E-state index is 10.5. The number of aliphatic carboxylic acids is 1. The fraction of sp³-hybridized carbons (Fsp3) is 0.0769. The number of hydrogen-bond acceptors (Lipinski definition) is 2. The molecule has 1 heterocycles. The van der Waals surface area contributed by atoms with Gasteiger partial charge in [0.05, 0.1) is 6.33 Å². The van der Waals surface area contributed by atoms with Gasteiger partial charge in [-0.25, -0.2) is 9.78 Å². The van der Waals surface area contributed by atoms with Crippen molar-refractivity contribution in [3.05, 3.63) is 60.2 Å². The molecule has 0 saturated heterocycles. The minimum absolute atomic E-state index is 0. The summed E-state index contributed by atoms with van der Waals surface area (Å²) in [5.41, 5.74) is 1.96. The van der Waals surface area contributed by atoms with Crippen LogP contribution in [-0.2, 0) is 11.3 Å². The van der Waals surface area contributed by atoms with Gasteiger partial charge in [0.2, 0.25) is 0 Å². The lowest BCUT2D eigenvalue weighted by molar-refractivity contribution is -0.131. The number of carboxylic acids is 1. The van der Waals surface area contributed by atoms with Crippen LogP contribution in [0.1, 0.15) is 11.1 Å². The van der Waals surface area contributed by atoms with E-state index in [2.05, 4.69) is 4.98 Å². The van der Waals surface area contributed by atoms with E-state index in [-0.39, 0.29) is 12.4 Å². The van der Waals surface area contributed by atoms with E-state index in [9.17, 15) is 4.79 Å². The van der Waals surface area contributed by atoms with Crippen LogP contribution in [0.25, 0.3) is 6.08 Å². The first-order valence-corrected chi connectivity index (χ1v) is 5.20. The molecular formula is C13H13ClN2O2. The molecule has 0 fully saturated rings. The molecule has 2 rings (SSSR count). The maximum Gasteiger partial charge on any atom is 0.328 e. The van der Waals surface area contributed by atoms with Gasteiger partial charge >= 0.3 is 5.97 Å². The number of carbonyl (C=O) groups is 1. The summed E-state index contributed by atoms with van der Waals surface area (Å²) >= 11 is 0. The number of nitrogens with zero attached hydrogens (tertiary/aromatic N) is 2. The number of halogens is 1. The van der Waals surface area contributed by atoms with E-state index in [0.29, 0.717) is 6.54 Å². The minimum atomic E-state index is -0.942. The lowest BCUT2D eigenvalue weighted by Crippen LogP contribution is -1.98. The highest BCUT2D eigenvalue weighted by molar-refractivity contribution is 5.85. The Bertz CT molecular complexity index is 536. The molecule has 0 atom stereocenters. The first kappa shape index (κ1) is 14.0. The van der Waals surface area contributed by atoms with Crippen LogP contribution in [-0.4, -0.2) is 20.6 Å². The van der Waals surface area contributed by atoms with Crippen molar-refractivity contribution in [2.45, 2.75) is 6.54 Å². The van der Waals surface area contributed by atoms with Crippen molar-refractivity contribution in [2.75, 3.05) is 0 Å². The Balaban J connectivity index is 0.00000162. The number of aromatic nitrogens is 2. The van der Waals surface area contributed by atoms with Gasteiger partial charge in [-0.05, 0) is 17.2 Å². The van der Waals surface area contributed by atoms with Crippen molar-refractivity contribution < 1.29 is 9.90 Å². The van der Waals surface area contributed by atoms with Crippen LogP contribution in [0, 0.1) is 0 Å². The summed E-state index contributed by atoms with van der Waals surface area (Å²) in [5, 5.41) is 8.62. The summed E-state index contributed by atoms with van der Waals surface area (Å²) in [6.45, 7) is 0.681. The number of rotatable bonds is 4. The van der Waals surface area contributed by atoms with Crippen molar-refractivity contribution in [3.63, 3.8) is 0 Å². The van der Waals surface area contributed by atoms with Crippen molar-refractivity contribution >= 4 is 24.5 Å². The molecule has 1 aromatic carbocycles. The Morgan fingerprint density at radius 2 is 2.17 bits per heavy atom. The van der Waals surface area contributed by atoms with Gasteiger partial charge < -0.3 is 9.67 Å². The lowest BCUT2D eigenvalue weighted by Gasteiger charge is -2.06. The first-order valence-electron chi connectivity index (χ1n) is 5.20. The summed E-state index contributed by atoms with van der Waals surface area (Å²) in [6, 6.07) is 7.69. The zero-order valence-corrected chi connectivity index (χ0v) is 10.4. The zero-order valence-electron chi connectivity index (χ0n) is 9.56. The van der Waals surface area contributed by atoms with Gasteiger partial charge in [0.1, 0.15) is 0 Å². The Labute approximate surface area is 111 Å². The molecule has 5 heteroatoms. The molecule has 0 aliphatic carbocycles. The zero-order chi connectivity index (χ0) is 12.1. The Kier molecular flexibility index (Phi) is 5.14. The SMILES string of the molecule is Cl.O=C(O)/C=C/c1ccccc1Cn1ccnc1. The van der Waals surface area contributed by atoms with Crippen LogP contribution in [0.5, 0.6) is 0 Å². The van der Waals surface area contributed by atoms with E-state index in [1.165, 1.54) is 0 Å². The summed E-state index contributed by atoms with van der Waals surface area (Å²) in [7, 11) is 0. The van der Waals surface area contributed by atoms with Crippen molar-refractivity contribution in [3.8, 4) is 0 Å². The maximum absolute atomic E-state index is 10.5. The number of carboxylic acid groups (broad SMARTS) is 1. The van der Waals surface area contributed by atoms with E-state index >= 15 is 0 Å². The minimum Gasteiger partial charge on any atom is -0.478 e. The predicted octanol–water partition coefficient (Wildman–Crippen LogP) is 2.45. The van der Waals surface area contributed by atoms with Gasteiger partial charge in [0, 0.05) is 25.0 Å². The topological polar surface area (TPSA) is 55.1 Å². The first-order chi connectivity index (χ1) is 8.25. The smallest absolute Gasteiger partial charge is 0.328 e. The second-order valence-corrected chi connectivity index (χ2v) is 3.61. The van der Waals surface area contributed by atoms with Crippen molar-refractivity contribution in [1.82, 2.24) is 9.55 Å². The van der Waals surface area contributed by atoms with Crippen molar-refractivity contribution in [2.24, 2.45) is 0 Å². The summed E-state index contributed by atoms with van der Waals surface area (Å²) in [5.74, 6) is -0.942. The van der Waals surface area contributed by atoms with Gasteiger partial charge in [-0.1, -0.05) is 24.3 Å². The third-order valence-corrected chi connectivity index (χ3v) is 2.37. The fourth-order valence-corrected chi connectivity index (χ4v) is 1.58. The number of hydrogen-bond donors (Lipinski definition) is 1. The summed E-state index contributed by atoms with van der Waals surface area (Å²) in [4.78, 5) is 14.5. The van der Waals surface area contributed by atoms with E-state index < -0.39 is 5.97 Å². The Morgan fingerprint density at radius 3 is 2.83 bits per heavy atom. The molecule has 0 aliphatic rings. The molecule has 1 N–H and O–H groups in total. The molecule has 2 aromatic rings. The molecule has 0 spiro atoms. The molecular weight excluding hydrogens is 252 g/mol. The van der Waals surface area contributed by atoms with Crippen LogP contribution in [0.15, 0.2) is 49.1 Å². The average Bonchev–Trinajstić information content (AvgIpc) is 2.80. The third kappa shape index (κ3) is 3.75. The molecule has 0 radical (unpaired) electrons. The van der Waals surface area contributed by atoms with Crippen LogP contribution in [0.4, 0.5) is 0 Å². The fourth-order valence-electron chi connectivity index (χ4n) is 1.58. The van der Waals surface area contributed by atoms with Crippen LogP contribution in [0.2, 0.25) is 0 Å². The number of imidazole rings is 1. The van der Waals surface area contributed by atoms with Crippen LogP contribution in [0.3, 0.4) is 0 Å². The normalized spacial score (nSPS) is 10.2. The monoisotopic (exact) mass is 264 g/mol. The Hall–Kier alpha value is -2.07. The van der Waals surface area contributed by atoms with Gasteiger partial charge in [-0.15, -0.1) is 12.4 Å². The van der Waals surface area contributed by atoms with E-state index in [1.54, 1.807) is 18.6 Å². The highest BCUT2D eigenvalue weighted by Crippen LogP contribution is 2.12. The van der Waals surface area contributed by atoms with E-state index in [0.717, 1.165) is 17.2 Å². The van der Waals surface area contributed by atoms with Crippen LogP contribution < -0.4 is 0 Å². The van der Waals surface area contributed by atoms with Gasteiger partial charge in [-0.2, -0.15) is 0 Å². The molecule has 0 amide bonds. The largest absolute Gasteiger partial charge is 0.478 e. The quantitative estimate of drug-likeness (QED) is 0.863. The van der Waals surface area contributed by atoms with Crippen molar-refractivity contribution in [1.29, 1.82) is 0 Å². The molecule has 94 valence electrons. The van der Waals surface area contributed by atoms with Gasteiger partial charge in [0.15, 0.2) is 0 Å². The van der Waals surface area contributed by atoms with Gasteiger partial charge in [0.25, 0.3) is 0 Å². The molecule has 0 aliphatic heterocycles. The molecule has 4 nitrogen and oxygen atoms in total. The second-order valence-electron chi connectivity index (χ2n) is 3.61. The molecule has 18 heavy (non-hydrogen) atoms. The summed E-state index contributed by atoms with van der Waals surface area (Å²) in [6.07, 6.45) is 8.08.